The van der Waals surface area contributed by atoms with Crippen molar-refractivity contribution in [2.24, 2.45) is 0 Å². The molecule has 1 aliphatic rings. The lowest BCUT2D eigenvalue weighted by Crippen LogP contribution is -2.38. The molecule has 1 aliphatic heterocycles. The molecule has 1 aromatic rings. The largest absolute Gasteiger partial charge is 0.370 e. The van der Waals surface area contributed by atoms with Gasteiger partial charge < -0.3 is 10.2 Å². The summed E-state index contributed by atoms with van der Waals surface area (Å²) in [5, 5.41) is 12.6. The van der Waals surface area contributed by atoms with Crippen LogP contribution < -0.4 is 10.2 Å². The molecule has 0 radical (unpaired) electrons. The van der Waals surface area contributed by atoms with Gasteiger partial charge in [-0.15, -0.1) is 0 Å². The van der Waals surface area contributed by atoms with E-state index in [4.69, 9.17) is 5.26 Å². The first-order valence-corrected chi connectivity index (χ1v) is 8.22. The lowest BCUT2D eigenvalue weighted by Gasteiger charge is -2.28. The third-order valence-corrected chi connectivity index (χ3v) is 4.48. The van der Waals surface area contributed by atoms with Gasteiger partial charge >= 0.3 is 0 Å². The van der Waals surface area contributed by atoms with Gasteiger partial charge in [0, 0.05) is 29.3 Å². The maximum Gasteiger partial charge on any atom is 0.100 e. The summed E-state index contributed by atoms with van der Waals surface area (Å²) in [7, 11) is 0. The van der Waals surface area contributed by atoms with Crippen molar-refractivity contribution in [1.29, 1.82) is 5.26 Å². The highest BCUT2D eigenvalue weighted by molar-refractivity contribution is 9.10. The second-order valence-electron chi connectivity index (χ2n) is 5.37. The summed E-state index contributed by atoms with van der Waals surface area (Å²) in [6, 6.07) is 8.84. The minimum absolute atomic E-state index is 0.598. The van der Waals surface area contributed by atoms with Gasteiger partial charge in [0.2, 0.25) is 0 Å². The van der Waals surface area contributed by atoms with Crippen molar-refractivity contribution >= 4 is 21.6 Å². The number of rotatable bonds is 6. The molecule has 0 bridgehead atoms. The molecule has 0 aliphatic carbocycles. The highest BCUT2D eigenvalue weighted by Gasteiger charge is 2.18. The van der Waals surface area contributed by atoms with Gasteiger partial charge in [-0.2, -0.15) is 5.26 Å². The molecule has 0 aromatic heterocycles. The molecule has 4 heteroatoms. The molecule has 1 saturated heterocycles. The van der Waals surface area contributed by atoms with E-state index >= 15 is 0 Å². The topological polar surface area (TPSA) is 39.1 Å². The van der Waals surface area contributed by atoms with Crippen molar-refractivity contribution in [1.82, 2.24) is 5.32 Å². The molecule has 20 heavy (non-hydrogen) atoms. The molecular weight excluding hydrogens is 314 g/mol. The first kappa shape index (κ1) is 15.3. The predicted octanol–water partition coefficient (Wildman–Crippen LogP) is 3.68. The number of hydrogen-bond donors (Lipinski definition) is 1. The summed E-state index contributed by atoms with van der Waals surface area (Å²) >= 11 is 3.49. The summed E-state index contributed by atoms with van der Waals surface area (Å²) in [4.78, 5) is 2.44. The number of nitrogens with one attached hydrogen (secondary N) is 1. The lowest BCUT2D eigenvalue weighted by molar-refractivity contribution is 0.572. The zero-order chi connectivity index (χ0) is 14.4. The monoisotopic (exact) mass is 335 g/mol. The zero-order valence-corrected chi connectivity index (χ0v) is 13.6. The number of halogens is 1. The Balaban J connectivity index is 2.12. The molecule has 1 heterocycles. The number of nitrogens with zero attached hydrogens (tertiary/aromatic N) is 2. The third kappa shape index (κ3) is 3.97. The van der Waals surface area contributed by atoms with Crippen molar-refractivity contribution in [3.63, 3.8) is 0 Å². The second-order valence-corrected chi connectivity index (χ2v) is 6.22. The molecule has 1 fully saturated rings. The van der Waals surface area contributed by atoms with Crippen molar-refractivity contribution in [3.8, 4) is 6.07 Å². The first-order valence-electron chi connectivity index (χ1n) is 7.42. The van der Waals surface area contributed by atoms with Crippen molar-refractivity contribution in [3.05, 3.63) is 28.2 Å². The van der Waals surface area contributed by atoms with Crippen LogP contribution in [0.25, 0.3) is 0 Å². The number of hydrogen-bond acceptors (Lipinski definition) is 3. The third-order valence-electron chi connectivity index (χ3n) is 3.82. The molecule has 0 amide bonds. The van der Waals surface area contributed by atoms with Gasteiger partial charge in [-0.25, -0.2) is 0 Å². The number of unbranched alkanes of at least 4 members (excludes halogenated alkanes) is 1. The van der Waals surface area contributed by atoms with E-state index < -0.39 is 0 Å². The van der Waals surface area contributed by atoms with Crippen molar-refractivity contribution in [2.75, 3.05) is 24.5 Å². The van der Waals surface area contributed by atoms with Crippen LogP contribution in [-0.4, -0.2) is 25.7 Å². The van der Waals surface area contributed by atoms with E-state index in [2.05, 4.69) is 51.3 Å². The van der Waals surface area contributed by atoms with E-state index in [-0.39, 0.29) is 0 Å². The SMILES string of the molecule is CCCCN(CC1CCCN1)c1ccc(C#N)c(Br)c1. The van der Waals surface area contributed by atoms with Crippen LogP contribution in [0.1, 0.15) is 38.2 Å². The summed E-state index contributed by atoms with van der Waals surface area (Å²) in [5.74, 6) is 0. The summed E-state index contributed by atoms with van der Waals surface area (Å²) < 4.78 is 0.887. The maximum atomic E-state index is 9.02. The van der Waals surface area contributed by atoms with Crippen molar-refractivity contribution < 1.29 is 0 Å². The molecule has 0 spiro atoms. The van der Waals surface area contributed by atoms with E-state index in [1.54, 1.807) is 0 Å². The number of benzene rings is 1. The van der Waals surface area contributed by atoms with Gasteiger partial charge in [0.15, 0.2) is 0 Å². The molecule has 2 rings (SSSR count). The van der Waals surface area contributed by atoms with Gasteiger partial charge in [0.05, 0.1) is 5.56 Å². The van der Waals surface area contributed by atoms with E-state index in [0.29, 0.717) is 11.6 Å². The molecule has 1 N–H and O–H groups in total. The summed E-state index contributed by atoms with van der Waals surface area (Å²) in [6.07, 6.45) is 4.94. The molecule has 108 valence electrons. The van der Waals surface area contributed by atoms with Gasteiger partial charge in [0.25, 0.3) is 0 Å². The fraction of sp³-hybridized carbons (Fsp3) is 0.562. The normalized spacial score (nSPS) is 17.9. The van der Waals surface area contributed by atoms with Gasteiger partial charge in [0.1, 0.15) is 6.07 Å². The highest BCUT2D eigenvalue weighted by atomic mass is 79.9. The second kappa shape index (κ2) is 7.66. The smallest absolute Gasteiger partial charge is 0.100 e. The molecule has 1 atom stereocenters. The Labute approximate surface area is 130 Å². The molecule has 3 nitrogen and oxygen atoms in total. The highest BCUT2D eigenvalue weighted by Crippen LogP contribution is 2.25. The molecule has 1 aromatic carbocycles. The van der Waals surface area contributed by atoms with Crippen LogP contribution in [0.2, 0.25) is 0 Å². The quantitative estimate of drug-likeness (QED) is 0.861. The van der Waals surface area contributed by atoms with E-state index in [1.165, 1.54) is 31.4 Å². The fourth-order valence-electron chi connectivity index (χ4n) is 2.64. The number of nitriles is 1. The minimum Gasteiger partial charge on any atom is -0.370 e. The Morgan fingerprint density at radius 3 is 2.95 bits per heavy atom. The molecule has 0 saturated carbocycles. The van der Waals surface area contributed by atoms with Crippen LogP contribution >= 0.6 is 15.9 Å². The van der Waals surface area contributed by atoms with Crippen LogP contribution in [0.5, 0.6) is 0 Å². The van der Waals surface area contributed by atoms with Crippen LogP contribution in [0, 0.1) is 11.3 Å². The molecular formula is C16H22BrN3. The van der Waals surface area contributed by atoms with Gasteiger partial charge in [-0.05, 0) is 59.9 Å². The van der Waals surface area contributed by atoms with Gasteiger partial charge in [-0.1, -0.05) is 13.3 Å². The average molecular weight is 336 g/mol. The summed E-state index contributed by atoms with van der Waals surface area (Å²) in [6.45, 7) is 5.50. The standard InChI is InChI=1S/C16H22BrN3/c1-2-3-9-20(12-14-5-4-8-19-14)15-7-6-13(11-18)16(17)10-15/h6-7,10,14,19H,2-5,8-9,12H2,1H3. The lowest BCUT2D eigenvalue weighted by atomic mass is 10.1. The maximum absolute atomic E-state index is 9.02. The van der Waals surface area contributed by atoms with E-state index in [9.17, 15) is 0 Å². The Hall–Kier alpha value is -1.05. The number of anilines is 1. The predicted molar refractivity (Wildman–Crippen MR) is 87.0 cm³/mol. The van der Waals surface area contributed by atoms with E-state index in [0.717, 1.165) is 24.1 Å². The van der Waals surface area contributed by atoms with Crippen LogP contribution in [0.3, 0.4) is 0 Å². The first-order chi connectivity index (χ1) is 9.74. The Bertz CT molecular complexity index is 475. The fourth-order valence-corrected chi connectivity index (χ4v) is 3.10. The van der Waals surface area contributed by atoms with Crippen LogP contribution in [-0.2, 0) is 0 Å². The Morgan fingerprint density at radius 1 is 1.50 bits per heavy atom. The van der Waals surface area contributed by atoms with Crippen LogP contribution in [0.4, 0.5) is 5.69 Å². The molecule has 1 unspecified atom stereocenters. The average Bonchev–Trinajstić information content (AvgIpc) is 2.96. The Morgan fingerprint density at radius 2 is 2.35 bits per heavy atom. The summed E-state index contributed by atoms with van der Waals surface area (Å²) in [5.41, 5.74) is 1.90. The van der Waals surface area contributed by atoms with Crippen LogP contribution in [0.15, 0.2) is 22.7 Å². The zero-order valence-electron chi connectivity index (χ0n) is 12.0. The minimum atomic E-state index is 0.598. The Kier molecular flexibility index (Phi) is 5.87. The van der Waals surface area contributed by atoms with E-state index in [1.807, 2.05) is 6.07 Å². The van der Waals surface area contributed by atoms with Gasteiger partial charge in [-0.3, -0.25) is 0 Å². The van der Waals surface area contributed by atoms with Crippen molar-refractivity contribution in [2.45, 2.75) is 38.6 Å².